The fourth-order valence-electron chi connectivity index (χ4n) is 3.36. The normalized spacial score (nSPS) is 12.0. The number of benzene rings is 2. The van der Waals surface area contributed by atoms with E-state index in [1.807, 2.05) is 30.5 Å². The number of rotatable bonds is 8. The first-order valence-corrected chi connectivity index (χ1v) is 9.44. The van der Waals surface area contributed by atoms with Gasteiger partial charge in [-0.25, -0.2) is 0 Å². The number of H-pyrrole nitrogens is 1. The van der Waals surface area contributed by atoms with Crippen LogP contribution in [0.25, 0.3) is 10.9 Å². The molecule has 0 saturated carbocycles. The number of likely N-dealkylation sites (N-methyl/N-ethyl adjacent to an activating group) is 1. The van der Waals surface area contributed by atoms with Gasteiger partial charge >= 0.3 is 6.61 Å². The van der Waals surface area contributed by atoms with Crippen molar-refractivity contribution in [3.8, 4) is 5.75 Å². The molecule has 2 aromatic carbocycles. The quantitative estimate of drug-likeness (QED) is 0.592. The lowest BCUT2D eigenvalue weighted by atomic mass is 10.0. The number of nitrogens with zero attached hydrogens (tertiary/aromatic N) is 1. The molecule has 3 rings (SSSR count). The Hall–Kier alpha value is -3.42. The van der Waals surface area contributed by atoms with E-state index in [2.05, 4.69) is 15.0 Å². The Labute approximate surface area is 172 Å². The summed E-state index contributed by atoms with van der Waals surface area (Å²) >= 11 is 0. The number of fused-ring (bicyclic) bond motifs is 1. The molecule has 1 heterocycles. The van der Waals surface area contributed by atoms with Crippen LogP contribution in [0.1, 0.15) is 18.1 Å². The van der Waals surface area contributed by atoms with Gasteiger partial charge in [0.05, 0.1) is 0 Å². The maximum Gasteiger partial charge on any atom is 0.387 e. The predicted molar refractivity (Wildman–Crippen MR) is 109 cm³/mol. The average Bonchev–Trinajstić information content (AvgIpc) is 3.10. The molecule has 8 heteroatoms. The molecule has 0 aliphatic heterocycles. The summed E-state index contributed by atoms with van der Waals surface area (Å²) in [6.45, 7) is -1.25. The van der Waals surface area contributed by atoms with Crippen molar-refractivity contribution in [3.05, 3.63) is 65.9 Å². The number of para-hydroxylation sites is 1. The molecule has 2 amide bonds. The molecule has 0 saturated heterocycles. The maximum atomic E-state index is 13.0. The molecule has 1 aromatic heterocycles. The molecule has 30 heavy (non-hydrogen) atoms. The van der Waals surface area contributed by atoms with Gasteiger partial charge in [0.1, 0.15) is 11.8 Å². The zero-order chi connectivity index (χ0) is 21.7. The van der Waals surface area contributed by atoms with Crippen molar-refractivity contribution in [1.29, 1.82) is 0 Å². The summed E-state index contributed by atoms with van der Waals surface area (Å²) in [5.74, 6) is -0.489. The highest BCUT2D eigenvalue weighted by atomic mass is 19.3. The summed E-state index contributed by atoms with van der Waals surface area (Å²) < 4.78 is 28.9. The van der Waals surface area contributed by atoms with Crippen molar-refractivity contribution >= 4 is 22.7 Å². The number of nitrogens with one attached hydrogen (secondary N) is 2. The van der Waals surface area contributed by atoms with Crippen LogP contribution < -0.4 is 10.1 Å². The third kappa shape index (κ3) is 5.34. The van der Waals surface area contributed by atoms with Crippen LogP contribution in [0.3, 0.4) is 0 Å². The Morgan fingerprint density at radius 3 is 2.50 bits per heavy atom. The fraction of sp³-hybridized carbons (Fsp3) is 0.273. The highest BCUT2D eigenvalue weighted by Crippen LogP contribution is 2.20. The highest BCUT2D eigenvalue weighted by molar-refractivity contribution is 5.89. The molecule has 0 fully saturated rings. The van der Waals surface area contributed by atoms with E-state index < -0.39 is 12.7 Å². The van der Waals surface area contributed by atoms with Gasteiger partial charge in [0.25, 0.3) is 0 Å². The smallest absolute Gasteiger partial charge is 0.387 e. The van der Waals surface area contributed by atoms with Gasteiger partial charge in [0, 0.05) is 44.0 Å². The summed E-state index contributed by atoms with van der Waals surface area (Å²) in [6, 6.07) is 13.1. The van der Waals surface area contributed by atoms with Crippen molar-refractivity contribution < 1.29 is 23.1 Å². The molecule has 2 N–H and O–H groups in total. The van der Waals surface area contributed by atoms with Crippen LogP contribution in [0.15, 0.2) is 54.7 Å². The molecule has 0 bridgehead atoms. The number of alkyl halides is 2. The molecule has 0 radical (unpaired) electrons. The maximum absolute atomic E-state index is 13.0. The van der Waals surface area contributed by atoms with Gasteiger partial charge in [0.2, 0.25) is 11.8 Å². The first kappa shape index (κ1) is 21.3. The topological polar surface area (TPSA) is 74.4 Å². The summed E-state index contributed by atoms with van der Waals surface area (Å²) in [4.78, 5) is 29.4. The Bertz CT molecular complexity index is 1020. The van der Waals surface area contributed by atoms with E-state index in [4.69, 9.17) is 0 Å². The number of amides is 2. The van der Waals surface area contributed by atoms with Gasteiger partial charge in [-0.1, -0.05) is 30.3 Å². The number of aromatic amines is 1. The third-order valence-corrected chi connectivity index (χ3v) is 4.72. The van der Waals surface area contributed by atoms with E-state index in [0.717, 1.165) is 22.0 Å². The molecule has 1 atom stereocenters. The first-order chi connectivity index (χ1) is 14.3. The Kier molecular flexibility index (Phi) is 6.66. The highest BCUT2D eigenvalue weighted by Gasteiger charge is 2.24. The number of ether oxygens (including phenoxy) is 1. The molecular formula is C22H23F2N3O3. The van der Waals surface area contributed by atoms with Crippen molar-refractivity contribution in [2.75, 3.05) is 7.05 Å². The lowest BCUT2D eigenvalue weighted by Gasteiger charge is -2.24. The van der Waals surface area contributed by atoms with Gasteiger partial charge in [-0.2, -0.15) is 8.78 Å². The largest absolute Gasteiger partial charge is 0.435 e. The van der Waals surface area contributed by atoms with Gasteiger partial charge < -0.3 is 19.9 Å². The van der Waals surface area contributed by atoms with Gasteiger partial charge in [0.15, 0.2) is 0 Å². The van der Waals surface area contributed by atoms with Gasteiger partial charge in [-0.3, -0.25) is 9.59 Å². The summed E-state index contributed by atoms with van der Waals surface area (Å²) in [5.41, 5.74) is 2.64. The second-order valence-electron chi connectivity index (χ2n) is 7.03. The Balaban J connectivity index is 1.71. The van der Waals surface area contributed by atoms with E-state index in [1.54, 1.807) is 19.2 Å². The second-order valence-corrected chi connectivity index (χ2v) is 7.03. The first-order valence-electron chi connectivity index (χ1n) is 9.44. The molecule has 1 unspecified atom stereocenters. The second kappa shape index (κ2) is 9.39. The zero-order valence-electron chi connectivity index (χ0n) is 16.7. The number of halogens is 2. The minimum atomic E-state index is -2.89. The zero-order valence-corrected chi connectivity index (χ0v) is 16.7. The standard InChI is InChI=1S/C22H23F2N3O3/c1-14(28)26-20(11-16-12-25-19-6-4-3-5-18(16)19)21(29)27(2)13-15-7-9-17(10-8-15)30-22(23)24/h3-10,12,20,22,25H,11,13H2,1-2H3,(H,26,28). The van der Waals surface area contributed by atoms with Crippen LogP contribution in [0.5, 0.6) is 5.75 Å². The fourth-order valence-corrected chi connectivity index (χ4v) is 3.36. The number of carbonyl (C=O) groups excluding carboxylic acids is 2. The molecule has 158 valence electrons. The van der Waals surface area contributed by atoms with E-state index in [0.29, 0.717) is 6.42 Å². The van der Waals surface area contributed by atoms with Crippen LogP contribution in [0.2, 0.25) is 0 Å². The average molecular weight is 415 g/mol. The van der Waals surface area contributed by atoms with E-state index in [-0.39, 0.29) is 24.1 Å². The summed E-state index contributed by atoms with van der Waals surface area (Å²) in [7, 11) is 1.63. The lowest BCUT2D eigenvalue weighted by Crippen LogP contribution is -2.47. The van der Waals surface area contributed by atoms with Gasteiger partial charge in [-0.05, 0) is 29.3 Å². The van der Waals surface area contributed by atoms with E-state index >= 15 is 0 Å². The summed E-state index contributed by atoms with van der Waals surface area (Å²) in [5, 5.41) is 3.73. The molecule has 6 nitrogen and oxygen atoms in total. The van der Waals surface area contributed by atoms with E-state index in [9.17, 15) is 18.4 Å². The van der Waals surface area contributed by atoms with Crippen molar-refractivity contribution in [3.63, 3.8) is 0 Å². The van der Waals surface area contributed by atoms with Crippen molar-refractivity contribution in [2.24, 2.45) is 0 Å². The SMILES string of the molecule is CC(=O)NC(Cc1c[nH]c2ccccc12)C(=O)N(C)Cc1ccc(OC(F)F)cc1. The number of carbonyl (C=O) groups is 2. The third-order valence-electron chi connectivity index (χ3n) is 4.72. The molecule has 0 aliphatic carbocycles. The minimum Gasteiger partial charge on any atom is -0.435 e. The molecular weight excluding hydrogens is 392 g/mol. The monoisotopic (exact) mass is 415 g/mol. The predicted octanol–water partition coefficient (Wildman–Crippen LogP) is 3.48. The summed E-state index contributed by atoms with van der Waals surface area (Å²) in [6.07, 6.45) is 2.18. The Morgan fingerprint density at radius 1 is 1.13 bits per heavy atom. The van der Waals surface area contributed by atoms with Crippen LogP contribution in [0, 0.1) is 0 Å². The van der Waals surface area contributed by atoms with Crippen LogP contribution in [0.4, 0.5) is 8.78 Å². The van der Waals surface area contributed by atoms with E-state index in [1.165, 1.54) is 24.0 Å². The van der Waals surface area contributed by atoms with Crippen LogP contribution in [-0.2, 0) is 22.6 Å². The lowest BCUT2D eigenvalue weighted by molar-refractivity contribution is -0.135. The number of hydrogen-bond acceptors (Lipinski definition) is 3. The number of hydrogen-bond donors (Lipinski definition) is 2. The number of aromatic nitrogens is 1. The Morgan fingerprint density at radius 2 is 1.83 bits per heavy atom. The van der Waals surface area contributed by atoms with Crippen LogP contribution in [-0.4, -0.2) is 41.4 Å². The molecule has 0 spiro atoms. The van der Waals surface area contributed by atoms with Crippen LogP contribution >= 0.6 is 0 Å². The van der Waals surface area contributed by atoms with Crippen molar-refractivity contribution in [2.45, 2.75) is 32.5 Å². The van der Waals surface area contributed by atoms with Gasteiger partial charge in [-0.15, -0.1) is 0 Å². The molecule has 0 aliphatic rings. The van der Waals surface area contributed by atoms with Crippen molar-refractivity contribution in [1.82, 2.24) is 15.2 Å². The molecule has 3 aromatic rings. The minimum absolute atomic E-state index is 0.0539.